The number of nitrogens with zero attached hydrogens (tertiary/aromatic N) is 2. The average molecular weight is 556 g/mol. The first-order valence-corrected chi connectivity index (χ1v) is 13.9. The highest BCUT2D eigenvalue weighted by molar-refractivity contribution is 7.92. The molecule has 3 aromatic carbocycles. The number of methoxy groups -OCH3 is 1. The zero-order valence-corrected chi connectivity index (χ0v) is 23.5. The third kappa shape index (κ3) is 7.57. The second kappa shape index (κ2) is 12.8. The van der Waals surface area contributed by atoms with Crippen molar-refractivity contribution in [3.05, 3.63) is 89.7 Å². The van der Waals surface area contributed by atoms with Gasteiger partial charge >= 0.3 is 0 Å². The Bertz CT molecular complexity index is 1380. The fourth-order valence-corrected chi connectivity index (χ4v) is 5.30. The number of carbonyl (C=O) groups is 2. The molecule has 8 nitrogen and oxygen atoms in total. The van der Waals surface area contributed by atoms with E-state index >= 15 is 0 Å². The molecule has 0 saturated heterocycles. The number of halogens is 1. The molecule has 0 unspecified atom stereocenters. The lowest BCUT2D eigenvalue weighted by Crippen LogP contribution is -2.52. The molecule has 0 aromatic heterocycles. The fourth-order valence-electron chi connectivity index (χ4n) is 3.89. The van der Waals surface area contributed by atoms with Crippen LogP contribution in [0.1, 0.15) is 31.9 Å². The maximum atomic E-state index is 13.8. The number of ether oxygens (including phenoxy) is 1. The highest BCUT2D eigenvalue weighted by Gasteiger charge is 2.32. The summed E-state index contributed by atoms with van der Waals surface area (Å²) in [5.41, 5.74) is 1.91. The topological polar surface area (TPSA) is 96.0 Å². The predicted molar refractivity (Wildman–Crippen MR) is 148 cm³/mol. The van der Waals surface area contributed by atoms with Crippen LogP contribution in [0.3, 0.4) is 0 Å². The molecule has 3 aromatic rings. The Balaban J connectivity index is 2.01. The average Bonchev–Trinajstić information content (AvgIpc) is 2.90. The SMILES string of the molecule is COc1ccc(CN(C(=O)CN(c2ccc(C)cc2)S(=O)(=O)c2ccc(F)cc2)[C@H](C)C(=O)NC(C)C)cc1. The maximum absolute atomic E-state index is 13.8. The van der Waals surface area contributed by atoms with Gasteiger partial charge in [-0.05, 0) is 81.8 Å². The first-order valence-electron chi connectivity index (χ1n) is 12.5. The van der Waals surface area contributed by atoms with Crippen LogP contribution in [0.2, 0.25) is 0 Å². The van der Waals surface area contributed by atoms with E-state index in [-0.39, 0.29) is 29.1 Å². The molecule has 0 heterocycles. The first kappa shape index (κ1) is 29.6. The van der Waals surface area contributed by atoms with Gasteiger partial charge in [0.25, 0.3) is 10.0 Å². The quantitative estimate of drug-likeness (QED) is 0.381. The Labute approximate surface area is 229 Å². The van der Waals surface area contributed by atoms with E-state index in [4.69, 9.17) is 4.74 Å². The van der Waals surface area contributed by atoms with Gasteiger partial charge < -0.3 is 15.0 Å². The summed E-state index contributed by atoms with van der Waals surface area (Å²) in [5, 5.41) is 2.81. The predicted octanol–water partition coefficient (Wildman–Crippen LogP) is 4.28. The number of aryl methyl sites for hydroxylation is 1. The van der Waals surface area contributed by atoms with E-state index < -0.39 is 34.3 Å². The molecule has 39 heavy (non-hydrogen) atoms. The normalized spacial score (nSPS) is 12.1. The highest BCUT2D eigenvalue weighted by Crippen LogP contribution is 2.25. The lowest BCUT2D eigenvalue weighted by Gasteiger charge is -2.32. The van der Waals surface area contributed by atoms with E-state index in [1.165, 1.54) is 4.90 Å². The lowest BCUT2D eigenvalue weighted by molar-refractivity contribution is -0.139. The van der Waals surface area contributed by atoms with Crippen LogP contribution < -0.4 is 14.4 Å². The number of carbonyl (C=O) groups excluding carboxylic acids is 2. The van der Waals surface area contributed by atoms with Gasteiger partial charge in [0.05, 0.1) is 17.7 Å². The molecule has 0 aliphatic heterocycles. The van der Waals surface area contributed by atoms with Crippen molar-refractivity contribution in [2.75, 3.05) is 18.0 Å². The van der Waals surface area contributed by atoms with Gasteiger partial charge in [-0.15, -0.1) is 0 Å². The minimum atomic E-state index is -4.26. The molecule has 0 aliphatic carbocycles. The summed E-state index contributed by atoms with van der Waals surface area (Å²) >= 11 is 0. The third-order valence-corrected chi connectivity index (χ3v) is 7.90. The molecule has 1 N–H and O–H groups in total. The Hall–Kier alpha value is -3.92. The molecule has 0 spiro atoms. The number of hydrogen-bond donors (Lipinski definition) is 1. The van der Waals surface area contributed by atoms with Crippen LogP contribution in [0.15, 0.2) is 77.7 Å². The van der Waals surface area contributed by atoms with E-state index in [0.717, 1.165) is 39.7 Å². The van der Waals surface area contributed by atoms with Crippen LogP contribution in [-0.2, 0) is 26.2 Å². The van der Waals surface area contributed by atoms with E-state index in [2.05, 4.69) is 5.32 Å². The molecule has 3 rings (SSSR count). The summed E-state index contributed by atoms with van der Waals surface area (Å²) in [5.74, 6) is -0.889. The van der Waals surface area contributed by atoms with Crippen molar-refractivity contribution < 1.29 is 27.1 Å². The van der Waals surface area contributed by atoms with Gasteiger partial charge in [-0.1, -0.05) is 29.8 Å². The van der Waals surface area contributed by atoms with Crippen molar-refractivity contribution in [2.24, 2.45) is 0 Å². The number of anilines is 1. The molecular weight excluding hydrogens is 521 g/mol. The molecule has 2 amide bonds. The summed E-state index contributed by atoms with van der Waals surface area (Å²) < 4.78 is 47.2. The number of hydrogen-bond acceptors (Lipinski definition) is 5. The van der Waals surface area contributed by atoms with Crippen LogP contribution in [-0.4, -0.2) is 50.9 Å². The molecule has 0 aliphatic rings. The van der Waals surface area contributed by atoms with Gasteiger partial charge in [-0.25, -0.2) is 12.8 Å². The maximum Gasteiger partial charge on any atom is 0.264 e. The monoisotopic (exact) mass is 555 g/mol. The highest BCUT2D eigenvalue weighted by atomic mass is 32.2. The van der Waals surface area contributed by atoms with Crippen LogP contribution in [0.4, 0.5) is 10.1 Å². The Kier molecular flexibility index (Phi) is 9.69. The van der Waals surface area contributed by atoms with Crippen LogP contribution >= 0.6 is 0 Å². The number of nitrogens with one attached hydrogen (secondary N) is 1. The second-order valence-corrected chi connectivity index (χ2v) is 11.4. The van der Waals surface area contributed by atoms with Gasteiger partial charge in [0.1, 0.15) is 24.2 Å². The number of amides is 2. The van der Waals surface area contributed by atoms with Crippen molar-refractivity contribution >= 4 is 27.5 Å². The standard InChI is InChI=1S/C29H34FN3O5S/c1-20(2)31-29(35)22(4)32(18-23-8-14-26(38-5)15-9-23)28(34)19-33(25-12-6-21(3)7-13-25)39(36,37)27-16-10-24(30)11-17-27/h6-17,20,22H,18-19H2,1-5H3,(H,31,35)/t22-/m1/s1. The Morgan fingerprint density at radius 2 is 1.51 bits per heavy atom. The smallest absolute Gasteiger partial charge is 0.264 e. The molecule has 0 radical (unpaired) electrons. The van der Waals surface area contributed by atoms with Gasteiger partial charge in [-0.2, -0.15) is 0 Å². The van der Waals surface area contributed by atoms with Gasteiger partial charge in [0.2, 0.25) is 11.8 Å². The van der Waals surface area contributed by atoms with Gasteiger partial charge in [-0.3, -0.25) is 13.9 Å². The largest absolute Gasteiger partial charge is 0.497 e. The lowest BCUT2D eigenvalue weighted by atomic mass is 10.1. The van der Waals surface area contributed by atoms with E-state index in [0.29, 0.717) is 5.75 Å². The molecule has 208 valence electrons. The molecule has 1 atom stereocenters. The van der Waals surface area contributed by atoms with Crippen LogP contribution in [0.5, 0.6) is 5.75 Å². The van der Waals surface area contributed by atoms with Crippen LogP contribution in [0, 0.1) is 12.7 Å². The zero-order chi connectivity index (χ0) is 28.7. The van der Waals surface area contributed by atoms with E-state index in [1.54, 1.807) is 62.6 Å². The third-order valence-electron chi connectivity index (χ3n) is 6.11. The van der Waals surface area contributed by atoms with Crippen molar-refractivity contribution in [3.8, 4) is 5.75 Å². The van der Waals surface area contributed by atoms with E-state index in [9.17, 15) is 22.4 Å². The van der Waals surface area contributed by atoms with Crippen molar-refractivity contribution in [2.45, 2.75) is 51.2 Å². The summed E-state index contributed by atoms with van der Waals surface area (Å²) in [4.78, 5) is 28.0. The molecule has 10 heteroatoms. The minimum Gasteiger partial charge on any atom is -0.497 e. The van der Waals surface area contributed by atoms with Crippen molar-refractivity contribution in [3.63, 3.8) is 0 Å². The van der Waals surface area contributed by atoms with Crippen molar-refractivity contribution in [1.82, 2.24) is 10.2 Å². The van der Waals surface area contributed by atoms with Crippen molar-refractivity contribution in [1.29, 1.82) is 0 Å². The molecule has 0 bridgehead atoms. The number of rotatable bonds is 11. The molecular formula is C29H34FN3O5S. The number of sulfonamides is 1. The summed E-state index contributed by atoms with van der Waals surface area (Å²) in [6.07, 6.45) is 0. The molecule has 0 fully saturated rings. The van der Waals surface area contributed by atoms with Gasteiger partial charge in [0.15, 0.2) is 0 Å². The first-order chi connectivity index (χ1) is 18.4. The second-order valence-electron chi connectivity index (χ2n) is 9.51. The zero-order valence-electron chi connectivity index (χ0n) is 22.7. The summed E-state index contributed by atoms with van der Waals surface area (Å²) in [6.45, 7) is 6.58. The van der Waals surface area contributed by atoms with Crippen LogP contribution in [0.25, 0.3) is 0 Å². The minimum absolute atomic E-state index is 0.0633. The van der Waals surface area contributed by atoms with E-state index in [1.807, 2.05) is 20.8 Å². The summed E-state index contributed by atoms with van der Waals surface area (Å²) in [7, 11) is -2.71. The Morgan fingerprint density at radius 1 is 0.923 bits per heavy atom. The number of benzene rings is 3. The summed E-state index contributed by atoms with van der Waals surface area (Å²) in [6, 6.07) is 17.1. The van der Waals surface area contributed by atoms with Gasteiger partial charge in [0, 0.05) is 12.6 Å². The fraction of sp³-hybridized carbons (Fsp3) is 0.310. The Morgan fingerprint density at radius 3 is 2.05 bits per heavy atom. The molecule has 0 saturated carbocycles.